The van der Waals surface area contributed by atoms with E-state index < -0.39 is 42.3 Å². The van der Waals surface area contributed by atoms with E-state index in [0.717, 1.165) is 0 Å². The van der Waals surface area contributed by atoms with Gasteiger partial charge in [0.1, 0.15) is 0 Å². The molecule has 0 aliphatic carbocycles. The zero-order valence-electron chi connectivity index (χ0n) is 14.4. The molecular weight excluding hydrogens is 505 g/mol. The van der Waals surface area contributed by atoms with Gasteiger partial charge in [0.15, 0.2) is 23.3 Å². The summed E-state index contributed by atoms with van der Waals surface area (Å²) in [5.74, 6) is -9.65. The Kier molecular flexibility index (Phi) is 7.61. The molecule has 0 nitrogen and oxygen atoms in total. The summed E-state index contributed by atoms with van der Waals surface area (Å²) in [6.07, 6.45) is 0.520. The Morgan fingerprint density at radius 2 is 0.964 bits per heavy atom. The number of halogens is 10. The van der Waals surface area contributed by atoms with E-state index in [1.807, 2.05) is 0 Å². The van der Waals surface area contributed by atoms with E-state index in [1.54, 1.807) is 0 Å². The van der Waals surface area contributed by atoms with Crippen LogP contribution in [-0.2, 0) is 6.42 Å². The van der Waals surface area contributed by atoms with Gasteiger partial charge >= 0.3 is 0 Å². The first-order valence-corrected chi connectivity index (χ1v) is 12.9. The Labute approximate surface area is 184 Å². The summed E-state index contributed by atoms with van der Waals surface area (Å²) in [6, 6.07) is 0.190. The van der Waals surface area contributed by atoms with Crippen molar-refractivity contribution in [1.29, 1.82) is 0 Å². The Morgan fingerprint density at radius 1 is 0.607 bits per heavy atom. The van der Waals surface area contributed by atoms with E-state index in [1.165, 1.54) is 13.1 Å². The molecule has 0 N–H and O–H groups in total. The summed E-state index contributed by atoms with van der Waals surface area (Å²) in [5, 5.41) is -0.520. The maximum atomic E-state index is 14.1. The van der Waals surface area contributed by atoms with Crippen molar-refractivity contribution in [3.05, 3.63) is 59.8 Å². The van der Waals surface area contributed by atoms with Gasteiger partial charge in [-0.05, 0) is 12.0 Å². The molecule has 0 saturated carbocycles. The highest BCUT2D eigenvalue weighted by Crippen LogP contribution is 2.44. The molecule has 2 aromatic carbocycles. The largest absolute Gasteiger partial charge is 0.204 e. The van der Waals surface area contributed by atoms with Crippen LogP contribution in [0.25, 0.3) is 0 Å². The quantitative estimate of drug-likeness (QED) is 0.163. The van der Waals surface area contributed by atoms with Crippen molar-refractivity contribution in [2.45, 2.75) is 32.0 Å². The molecule has 28 heavy (non-hydrogen) atoms. The van der Waals surface area contributed by atoms with Crippen LogP contribution in [0, 0.1) is 29.1 Å². The van der Waals surface area contributed by atoms with Gasteiger partial charge < -0.3 is 0 Å². The van der Waals surface area contributed by atoms with Crippen LogP contribution in [0.5, 0.6) is 0 Å². The van der Waals surface area contributed by atoms with Crippen molar-refractivity contribution in [3.63, 3.8) is 0 Å². The molecule has 0 heterocycles. The molecule has 0 aliphatic heterocycles. The van der Waals surface area contributed by atoms with Gasteiger partial charge in [0.2, 0.25) is 5.82 Å². The lowest BCUT2D eigenvalue weighted by Gasteiger charge is -2.25. The molecule has 0 fully saturated rings. The lowest BCUT2D eigenvalue weighted by atomic mass is 10.1. The second kappa shape index (κ2) is 8.86. The minimum absolute atomic E-state index is 0.00167. The first kappa shape index (κ1) is 24.0. The maximum Gasteiger partial charge on any atom is 0.200 e. The molecular formula is C17H12Cl5F5Si. The highest BCUT2D eigenvalue weighted by molar-refractivity contribution is 6.89. The van der Waals surface area contributed by atoms with E-state index in [9.17, 15) is 22.0 Å². The van der Waals surface area contributed by atoms with Gasteiger partial charge in [-0.2, -0.15) is 0 Å². The summed E-state index contributed by atoms with van der Waals surface area (Å²) in [7, 11) is -3.06. The SMILES string of the molecule is C[Si](C)(CCCc1c(Cl)c(Cl)c(Cl)c(Cl)c1Cl)c1c(F)c(F)c(F)c(F)c1F. The normalized spacial score (nSPS) is 12.0. The minimum atomic E-state index is -3.06. The average Bonchev–Trinajstić information content (AvgIpc) is 2.64. The smallest absolute Gasteiger partial charge is 0.200 e. The van der Waals surface area contributed by atoms with Gasteiger partial charge in [0, 0.05) is 5.19 Å². The van der Waals surface area contributed by atoms with Crippen molar-refractivity contribution in [3.8, 4) is 0 Å². The Bertz CT molecular complexity index is 891. The predicted molar refractivity (Wildman–Crippen MR) is 108 cm³/mol. The van der Waals surface area contributed by atoms with Gasteiger partial charge in [-0.3, -0.25) is 0 Å². The molecule has 2 aromatic rings. The molecule has 11 heteroatoms. The molecule has 0 amide bonds. The molecule has 0 saturated heterocycles. The molecule has 0 radical (unpaired) electrons. The fraction of sp³-hybridized carbons (Fsp3) is 0.294. The van der Waals surface area contributed by atoms with Crippen LogP contribution in [0.2, 0.25) is 44.3 Å². The zero-order valence-corrected chi connectivity index (χ0v) is 19.2. The first-order valence-electron chi connectivity index (χ1n) is 7.85. The monoisotopic (exact) mass is 514 g/mol. The Morgan fingerprint density at radius 3 is 1.39 bits per heavy atom. The number of rotatable bonds is 5. The molecule has 0 atom stereocenters. The van der Waals surface area contributed by atoms with Crippen LogP contribution >= 0.6 is 58.0 Å². The van der Waals surface area contributed by atoms with Gasteiger partial charge in [-0.15, -0.1) is 0 Å². The molecule has 0 spiro atoms. The van der Waals surface area contributed by atoms with Gasteiger partial charge in [0.25, 0.3) is 0 Å². The third-order valence-corrected chi connectivity index (χ3v) is 10.2. The fourth-order valence-electron chi connectivity index (χ4n) is 2.90. The van der Waals surface area contributed by atoms with Crippen molar-refractivity contribution in [2.24, 2.45) is 0 Å². The van der Waals surface area contributed by atoms with E-state index in [-0.39, 0.29) is 37.6 Å². The molecule has 0 aliphatic rings. The summed E-state index contributed by atoms with van der Waals surface area (Å²) >= 11 is 30.2. The topological polar surface area (TPSA) is 0 Å². The van der Waals surface area contributed by atoms with Gasteiger partial charge in [0.05, 0.1) is 33.2 Å². The molecule has 0 aromatic heterocycles. The van der Waals surface area contributed by atoms with E-state index >= 15 is 0 Å². The first-order chi connectivity index (χ1) is 12.8. The molecule has 0 bridgehead atoms. The summed E-state index contributed by atoms with van der Waals surface area (Å²) in [6.45, 7) is 3.02. The van der Waals surface area contributed by atoms with Crippen LogP contribution in [0.15, 0.2) is 0 Å². The van der Waals surface area contributed by atoms with Crippen LogP contribution in [0.4, 0.5) is 22.0 Å². The predicted octanol–water partition coefficient (Wildman–Crippen LogP) is 8.20. The van der Waals surface area contributed by atoms with Gasteiger partial charge in [-0.1, -0.05) is 83.6 Å². The van der Waals surface area contributed by atoms with Gasteiger partial charge in [-0.25, -0.2) is 22.0 Å². The third-order valence-electron chi connectivity index (χ3n) is 4.42. The minimum Gasteiger partial charge on any atom is -0.204 e. The van der Waals surface area contributed by atoms with E-state index in [2.05, 4.69) is 0 Å². The second-order valence-electron chi connectivity index (χ2n) is 6.73. The standard InChI is InChI=1S/C17H12Cl5F5Si/c1-28(2,17-15(26)13(24)12(23)14(25)16(17)27)5-3-4-6-7(18)9(20)11(22)10(21)8(6)19/h3-5H2,1-2H3. The summed E-state index contributed by atoms with van der Waals surface area (Å²) < 4.78 is 68.7. The second-order valence-corrected chi connectivity index (χ2v) is 13.4. The lowest BCUT2D eigenvalue weighted by molar-refractivity contribution is 0.383. The average molecular weight is 517 g/mol. The van der Waals surface area contributed by atoms with E-state index in [0.29, 0.717) is 12.0 Å². The fourth-order valence-corrected chi connectivity index (χ4v) is 6.99. The highest BCUT2D eigenvalue weighted by atomic mass is 35.5. The number of benzene rings is 2. The van der Waals surface area contributed by atoms with Crippen LogP contribution < -0.4 is 5.19 Å². The summed E-state index contributed by atoms with van der Waals surface area (Å²) in [4.78, 5) is 0. The Balaban J connectivity index is 2.32. The van der Waals surface area contributed by atoms with Crippen molar-refractivity contribution < 1.29 is 22.0 Å². The summed E-state index contributed by atoms with van der Waals surface area (Å²) in [5.41, 5.74) is 0.393. The van der Waals surface area contributed by atoms with Crippen molar-refractivity contribution in [1.82, 2.24) is 0 Å². The lowest BCUT2D eigenvalue weighted by Crippen LogP contribution is -2.47. The third kappa shape index (κ3) is 4.28. The molecule has 154 valence electrons. The van der Waals surface area contributed by atoms with Crippen LogP contribution in [0.3, 0.4) is 0 Å². The van der Waals surface area contributed by atoms with Crippen LogP contribution in [-0.4, -0.2) is 8.07 Å². The Hall–Kier alpha value is -0.243. The van der Waals surface area contributed by atoms with Crippen LogP contribution in [0.1, 0.15) is 12.0 Å². The molecule has 0 unspecified atom stereocenters. The number of hydrogen-bond donors (Lipinski definition) is 0. The number of hydrogen-bond acceptors (Lipinski definition) is 0. The van der Waals surface area contributed by atoms with Crippen molar-refractivity contribution >= 4 is 71.3 Å². The van der Waals surface area contributed by atoms with Crippen molar-refractivity contribution in [2.75, 3.05) is 0 Å². The maximum absolute atomic E-state index is 14.1. The zero-order chi connectivity index (χ0) is 21.5. The molecule has 2 rings (SSSR count). The highest BCUT2D eigenvalue weighted by Gasteiger charge is 2.36. The van der Waals surface area contributed by atoms with E-state index in [4.69, 9.17) is 58.0 Å².